The van der Waals surface area contributed by atoms with E-state index in [4.69, 9.17) is 0 Å². The van der Waals surface area contributed by atoms with Crippen molar-refractivity contribution in [1.29, 1.82) is 0 Å². The maximum absolute atomic E-state index is 13.4. The molecule has 122 valence electrons. The Morgan fingerprint density at radius 3 is 2.72 bits per heavy atom. The van der Waals surface area contributed by atoms with Gasteiger partial charge in [0.1, 0.15) is 0 Å². The van der Waals surface area contributed by atoms with Gasteiger partial charge in [-0.05, 0) is 22.4 Å². The molecule has 2 atom stereocenters. The van der Waals surface area contributed by atoms with Crippen molar-refractivity contribution >= 4 is 28.3 Å². The van der Waals surface area contributed by atoms with Crippen LogP contribution in [0.1, 0.15) is 21.8 Å². The Hall–Kier alpha value is -2.46. The highest BCUT2D eigenvalue weighted by Crippen LogP contribution is 2.48. The fourth-order valence-corrected chi connectivity index (χ4v) is 5.24. The number of carbonyl (C=O) groups is 1. The van der Waals surface area contributed by atoms with Crippen LogP contribution in [-0.4, -0.2) is 23.6 Å². The Balaban J connectivity index is 1.67. The van der Waals surface area contributed by atoms with Crippen molar-refractivity contribution in [3.8, 4) is 0 Å². The van der Waals surface area contributed by atoms with Gasteiger partial charge in [-0.25, -0.2) is 0 Å². The molecular formula is C21H16N2OS. The largest absolute Gasteiger partial charge is 0.291 e. The highest BCUT2D eigenvalue weighted by atomic mass is 32.2. The molecule has 2 unspecified atom stereocenters. The van der Waals surface area contributed by atoms with Gasteiger partial charge in [0.2, 0.25) is 0 Å². The molecule has 5 rings (SSSR count). The van der Waals surface area contributed by atoms with E-state index in [2.05, 4.69) is 46.6 Å². The van der Waals surface area contributed by atoms with Crippen LogP contribution in [0.25, 0.3) is 10.8 Å². The molecule has 2 aliphatic rings. The second-order valence-corrected chi connectivity index (χ2v) is 7.60. The average molecular weight is 344 g/mol. The number of fused-ring (bicyclic) bond motifs is 2. The molecule has 0 bridgehead atoms. The lowest BCUT2D eigenvalue weighted by Crippen LogP contribution is -2.46. The van der Waals surface area contributed by atoms with Gasteiger partial charge in [0.15, 0.2) is 11.3 Å². The Kier molecular flexibility index (Phi) is 3.28. The van der Waals surface area contributed by atoms with E-state index in [1.165, 1.54) is 16.3 Å². The summed E-state index contributed by atoms with van der Waals surface area (Å²) in [6.45, 7) is 0.572. The summed E-state index contributed by atoms with van der Waals surface area (Å²) < 4.78 is 0. The summed E-state index contributed by atoms with van der Waals surface area (Å²) in [4.78, 5) is 14.4. The third kappa shape index (κ3) is 2.10. The molecule has 2 heterocycles. The van der Waals surface area contributed by atoms with E-state index in [1.807, 2.05) is 30.3 Å². The molecule has 25 heavy (non-hydrogen) atoms. The summed E-state index contributed by atoms with van der Waals surface area (Å²) in [6, 6.07) is 22.5. The molecule has 3 nitrogen and oxygen atoms in total. The van der Waals surface area contributed by atoms with Crippen LogP contribution in [0.5, 0.6) is 0 Å². The Labute approximate surface area is 150 Å². The van der Waals surface area contributed by atoms with Crippen molar-refractivity contribution < 1.29 is 4.79 Å². The lowest BCUT2D eigenvalue weighted by Gasteiger charge is -2.34. The normalized spacial score (nSPS) is 24.8. The molecule has 1 spiro atoms. The number of benzene rings is 3. The summed E-state index contributed by atoms with van der Waals surface area (Å²) in [6.07, 6.45) is 0. The van der Waals surface area contributed by atoms with Crippen LogP contribution in [0.3, 0.4) is 0 Å². The summed E-state index contributed by atoms with van der Waals surface area (Å²) in [5.41, 5.74) is 1.18. The zero-order valence-corrected chi connectivity index (χ0v) is 14.4. The van der Waals surface area contributed by atoms with E-state index < -0.39 is 5.54 Å². The number of azo groups is 1. The SMILES string of the molecule is O=C1c2ccccc2SCC12N=NCC2c1cccc2ccccc12. The quantitative estimate of drug-likeness (QED) is 0.615. The minimum Gasteiger partial charge on any atom is -0.291 e. The van der Waals surface area contributed by atoms with Gasteiger partial charge in [0.05, 0.1) is 6.54 Å². The van der Waals surface area contributed by atoms with Gasteiger partial charge in [-0.2, -0.15) is 10.2 Å². The highest BCUT2D eigenvalue weighted by Gasteiger charge is 2.52. The number of thioether (sulfide) groups is 1. The maximum atomic E-state index is 13.4. The van der Waals surface area contributed by atoms with Crippen LogP contribution in [0.4, 0.5) is 0 Å². The predicted octanol–water partition coefficient (Wildman–Crippen LogP) is 5.12. The van der Waals surface area contributed by atoms with Crippen LogP contribution < -0.4 is 0 Å². The van der Waals surface area contributed by atoms with Crippen LogP contribution in [0.15, 0.2) is 81.9 Å². The standard InChI is InChI=1S/C21H16N2OS/c24-20-17-9-3-4-11-19(17)25-13-21(20)18(12-22-23-21)16-10-5-7-14-6-1-2-8-15(14)16/h1-11,18H,12-13H2. The number of Topliss-reactive ketones (excluding diaryl/α,β-unsaturated/α-hetero) is 1. The van der Waals surface area contributed by atoms with Crippen LogP contribution in [0.2, 0.25) is 0 Å². The summed E-state index contributed by atoms with van der Waals surface area (Å²) in [5.74, 6) is 0.758. The lowest BCUT2D eigenvalue weighted by molar-refractivity contribution is 0.0889. The topological polar surface area (TPSA) is 41.8 Å². The first-order valence-corrected chi connectivity index (χ1v) is 9.41. The molecule has 3 aromatic carbocycles. The number of hydrogen-bond donors (Lipinski definition) is 0. The van der Waals surface area contributed by atoms with E-state index in [1.54, 1.807) is 11.8 Å². The predicted molar refractivity (Wildman–Crippen MR) is 101 cm³/mol. The average Bonchev–Trinajstić information content (AvgIpc) is 3.09. The van der Waals surface area contributed by atoms with Crippen molar-refractivity contribution in [2.75, 3.05) is 12.3 Å². The summed E-state index contributed by atoms with van der Waals surface area (Å²) in [7, 11) is 0. The molecule has 0 radical (unpaired) electrons. The van der Waals surface area contributed by atoms with Crippen molar-refractivity contribution in [3.63, 3.8) is 0 Å². The van der Waals surface area contributed by atoms with Crippen LogP contribution in [0, 0.1) is 0 Å². The first-order valence-electron chi connectivity index (χ1n) is 8.42. The molecule has 0 fully saturated rings. The van der Waals surface area contributed by atoms with Gasteiger partial charge in [-0.1, -0.05) is 60.7 Å². The number of carbonyl (C=O) groups excluding carboxylic acids is 1. The number of hydrogen-bond acceptors (Lipinski definition) is 4. The maximum Gasteiger partial charge on any atom is 0.194 e. The Morgan fingerprint density at radius 2 is 1.76 bits per heavy atom. The smallest absolute Gasteiger partial charge is 0.194 e. The molecule has 0 amide bonds. The van der Waals surface area contributed by atoms with E-state index in [9.17, 15) is 4.79 Å². The number of nitrogens with zero attached hydrogens (tertiary/aromatic N) is 2. The summed E-state index contributed by atoms with van der Waals surface area (Å²) in [5, 5.41) is 11.3. The molecular weight excluding hydrogens is 328 g/mol. The molecule has 0 aliphatic carbocycles. The van der Waals surface area contributed by atoms with E-state index >= 15 is 0 Å². The monoisotopic (exact) mass is 344 g/mol. The van der Waals surface area contributed by atoms with Crippen LogP contribution >= 0.6 is 11.8 Å². The van der Waals surface area contributed by atoms with Crippen molar-refractivity contribution in [1.82, 2.24) is 0 Å². The van der Waals surface area contributed by atoms with Gasteiger partial charge in [-0.3, -0.25) is 4.79 Å². The summed E-state index contributed by atoms with van der Waals surface area (Å²) >= 11 is 1.72. The third-order valence-electron chi connectivity index (χ3n) is 5.26. The molecule has 3 aromatic rings. The van der Waals surface area contributed by atoms with E-state index in [0.29, 0.717) is 12.3 Å². The first-order chi connectivity index (χ1) is 12.3. The van der Waals surface area contributed by atoms with Crippen molar-refractivity contribution in [3.05, 3.63) is 77.9 Å². The van der Waals surface area contributed by atoms with Gasteiger partial charge in [-0.15, -0.1) is 11.8 Å². The lowest BCUT2D eigenvalue weighted by atomic mass is 9.75. The zero-order valence-electron chi connectivity index (χ0n) is 13.6. The zero-order chi connectivity index (χ0) is 16.9. The molecule has 2 aliphatic heterocycles. The van der Waals surface area contributed by atoms with Crippen molar-refractivity contribution in [2.24, 2.45) is 10.2 Å². The van der Waals surface area contributed by atoms with Crippen molar-refractivity contribution in [2.45, 2.75) is 16.4 Å². The molecule has 0 aromatic heterocycles. The molecule has 0 N–H and O–H groups in total. The van der Waals surface area contributed by atoms with Gasteiger partial charge in [0, 0.05) is 22.1 Å². The minimum atomic E-state index is -0.775. The fraction of sp³-hybridized carbons (Fsp3) is 0.190. The van der Waals surface area contributed by atoms with Gasteiger partial charge in [0.25, 0.3) is 0 Å². The molecule has 0 saturated heterocycles. The molecule has 4 heteroatoms. The minimum absolute atomic E-state index is 0.00745. The number of rotatable bonds is 1. The fourth-order valence-electron chi connectivity index (χ4n) is 3.98. The van der Waals surface area contributed by atoms with Crippen LogP contribution in [-0.2, 0) is 0 Å². The first kappa shape index (κ1) is 14.8. The second kappa shape index (κ2) is 5.53. The second-order valence-electron chi connectivity index (χ2n) is 6.58. The van der Waals surface area contributed by atoms with E-state index in [-0.39, 0.29) is 11.7 Å². The van der Waals surface area contributed by atoms with E-state index in [0.717, 1.165) is 10.5 Å². The van der Waals surface area contributed by atoms with Gasteiger partial charge < -0.3 is 0 Å². The van der Waals surface area contributed by atoms with Gasteiger partial charge >= 0.3 is 0 Å². The third-order valence-corrected chi connectivity index (χ3v) is 6.51. The highest BCUT2D eigenvalue weighted by molar-refractivity contribution is 7.99. The number of ketones is 1. The Morgan fingerprint density at radius 1 is 0.960 bits per heavy atom. The molecule has 0 saturated carbocycles. The Bertz CT molecular complexity index is 1020.